The predicted octanol–water partition coefficient (Wildman–Crippen LogP) is 2.95. The molecule has 1 radical (unpaired) electrons. The summed E-state index contributed by atoms with van der Waals surface area (Å²) in [5.41, 5.74) is 2.86. The molecule has 0 aliphatic heterocycles. The third kappa shape index (κ3) is 3.37. The van der Waals surface area contributed by atoms with Gasteiger partial charge in [-0.25, -0.2) is 0 Å². The van der Waals surface area contributed by atoms with E-state index in [1.165, 1.54) is 26.7 Å². The van der Waals surface area contributed by atoms with E-state index in [1.807, 2.05) is 0 Å². The van der Waals surface area contributed by atoms with Gasteiger partial charge in [-0.05, 0) is 44.9 Å². The van der Waals surface area contributed by atoms with Crippen LogP contribution in [-0.2, 0) is 12.1 Å². The fourth-order valence-electron chi connectivity index (χ4n) is 3.20. The summed E-state index contributed by atoms with van der Waals surface area (Å²) in [5, 5.41) is 3.99. The van der Waals surface area contributed by atoms with Crippen molar-refractivity contribution in [2.45, 2.75) is 12.1 Å². The minimum atomic E-state index is -0.743. The molecule has 0 heterocycles. The van der Waals surface area contributed by atoms with Crippen molar-refractivity contribution < 1.29 is 0 Å². The molecule has 3 aromatic rings. The first kappa shape index (κ1) is 15.0. The summed E-state index contributed by atoms with van der Waals surface area (Å²) in [6.07, 6.45) is 6.04. The maximum absolute atomic E-state index is 3.68. The van der Waals surface area contributed by atoms with Gasteiger partial charge in [0, 0.05) is 8.41 Å². The van der Waals surface area contributed by atoms with Crippen molar-refractivity contribution in [1.29, 1.82) is 0 Å². The summed E-state index contributed by atoms with van der Waals surface area (Å²) in [4.78, 5) is 0. The maximum atomic E-state index is 3.68. The molecule has 1 aliphatic rings. The van der Waals surface area contributed by atoms with Crippen LogP contribution < -0.4 is 10.4 Å². The Morgan fingerprint density at radius 1 is 0.625 bits per heavy atom. The van der Waals surface area contributed by atoms with Crippen LogP contribution in [0.4, 0.5) is 0 Å². The molecule has 4 rings (SSSR count). The van der Waals surface area contributed by atoms with Crippen LogP contribution in [-0.4, -0.2) is 13.6 Å². The number of benzene rings is 3. The summed E-state index contributed by atoms with van der Waals surface area (Å²) in [6, 6.07) is 32.6. The van der Waals surface area contributed by atoms with E-state index in [9.17, 15) is 0 Å². The zero-order valence-corrected chi connectivity index (χ0v) is 14.6. The molecule has 0 fully saturated rings. The first-order valence-corrected chi connectivity index (χ1v) is 10.3. The smallest absolute Gasteiger partial charge is 0.0293 e. The summed E-state index contributed by atoms with van der Waals surface area (Å²) in [7, 11) is -0.743. The largest absolute Gasteiger partial charge is 0.0622 e. The molecular weight excluding hydrogens is 304 g/mol. The van der Waals surface area contributed by atoms with Crippen LogP contribution >= 0.6 is 0 Å². The van der Waals surface area contributed by atoms with Crippen LogP contribution in [0, 0.1) is 0 Å². The Morgan fingerprint density at radius 3 is 1.75 bits per heavy atom. The van der Waals surface area contributed by atoms with Crippen LogP contribution in [0.25, 0.3) is 12.2 Å². The van der Waals surface area contributed by atoms with E-state index in [-0.39, 0.29) is 0 Å². The Balaban J connectivity index is 1.76. The number of hydrogen-bond donors (Lipinski definition) is 0. The Kier molecular flexibility index (Phi) is 4.35. The zero-order chi connectivity index (χ0) is 16.2. The van der Waals surface area contributed by atoms with E-state index in [0.717, 1.165) is 12.1 Å². The summed E-state index contributed by atoms with van der Waals surface area (Å²) in [5.74, 6) is 0. The summed E-state index contributed by atoms with van der Waals surface area (Å²) < 4.78 is 0. The molecule has 1 aliphatic carbocycles. The molecule has 3 aromatic carbocycles. The highest BCUT2D eigenvalue weighted by atomic mass is 28.2. The van der Waals surface area contributed by atoms with Gasteiger partial charge in [-0.3, -0.25) is 0 Å². The first-order chi connectivity index (χ1) is 11.9. The Labute approximate surface area is 144 Å². The average molecular weight is 323 g/mol. The second-order valence-corrected chi connectivity index (χ2v) is 8.65. The molecule has 0 aromatic heterocycles. The van der Waals surface area contributed by atoms with Gasteiger partial charge in [-0.15, -0.1) is 0 Å². The van der Waals surface area contributed by atoms with Crippen molar-refractivity contribution >= 4 is 25.7 Å². The van der Waals surface area contributed by atoms with Gasteiger partial charge in [0.1, 0.15) is 0 Å². The Hall–Kier alpha value is -2.51. The quantitative estimate of drug-likeness (QED) is 0.648. The lowest BCUT2D eigenvalue weighted by Gasteiger charge is -2.09. The molecule has 0 saturated carbocycles. The van der Waals surface area contributed by atoms with Crippen LogP contribution in [0.15, 0.2) is 84.9 Å². The van der Waals surface area contributed by atoms with E-state index in [0.29, 0.717) is 0 Å². The van der Waals surface area contributed by atoms with Crippen molar-refractivity contribution in [2.24, 2.45) is 0 Å². The van der Waals surface area contributed by atoms with Crippen molar-refractivity contribution in [2.75, 3.05) is 0 Å². The van der Waals surface area contributed by atoms with E-state index in [4.69, 9.17) is 0 Å². The molecule has 115 valence electrons. The van der Waals surface area contributed by atoms with E-state index >= 15 is 0 Å². The molecule has 0 atom stereocenters. The third-order valence-electron chi connectivity index (χ3n) is 4.43. The number of hydrogen-bond acceptors (Lipinski definition) is 0. The van der Waals surface area contributed by atoms with E-state index in [1.54, 1.807) is 0 Å². The Bertz CT molecular complexity index is 902. The molecule has 0 spiro atoms. The molecule has 0 unspecified atom stereocenters. The van der Waals surface area contributed by atoms with Gasteiger partial charge in [0.25, 0.3) is 0 Å². The van der Waals surface area contributed by atoms with Crippen LogP contribution in [0.1, 0.15) is 11.1 Å². The highest BCUT2D eigenvalue weighted by molar-refractivity contribution is 6.80. The fraction of sp³-hybridized carbons (Fsp3) is 0.0870. The predicted molar refractivity (Wildman–Crippen MR) is 105 cm³/mol. The van der Waals surface area contributed by atoms with Gasteiger partial charge < -0.3 is 0 Å². The molecule has 1 heteroatoms. The highest BCUT2D eigenvalue weighted by Crippen LogP contribution is 2.07. The maximum Gasteiger partial charge on any atom is 0.0293 e. The van der Waals surface area contributed by atoms with Crippen molar-refractivity contribution in [3.05, 3.63) is 106 Å². The highest BCUT2D eigenvalue weighted by Gasteiger charge is 2.10. The lowest BCUT2D eigenvalue weighted by Crippen LogP contribution is -2.19. The molecule has 0 nitrogen and oxygen atoms in total. The average Bonchev–Trinajstić information content (AvgIpc) is 3.07. The van der Waals surface area contributed by atoms with E-state index in [2.05, 4.69) is 97.1 Å². The molecule has 24 heavy (non-hydrogen) atoms. The lowest BCUT2D eigenvalue weighted by molar-refractivity contribution is 1.29. The van der Waals surface area contributed by atoms with E-state index < -0.39 is 8.41 Å². The lowest BCUT2D eigenvalue weighted by atomic mass is 10.2. The van der Waals surface area contributed by atoms with Crippen molar-refractivity contribution in [1.82, 2.24) is 0 Å². The summed E-state index contributed by atoms with van der Waals surface area (Å²) >= 11 is 0. The zero-order valence-electron chi connectivity index (χ0n) is 13.6. The standard InChI is InChI=1S/C23H19Si/c1-3-9-19(10-4-1)17-24(18-20-11-5-2-6-12-20)23-15-21-13-7-8-14-22(21)16-23/h1-15H,17-18H2. The van der Waals surface area contributed by atoms with Gasteiger partial charge in [-0.2, -0.15) is 0 Å². The Morgan fingerprint density at radius 2 is 1.17 bits per heavy atom. The van der Waals surface area contributed by atoms with Gasteiger partial charge in [0.15, 0.2) is 0 Å². The topological polar surface area (TPSA) is 0 Å². The number of fused-ring (bicyclic) bond motifs is 1. The normalized spacial score (nSPS) is 12.2. The summed E-state index contributed by atoms with van der Waals surface area (Å²) in [6.45, 7) is 0. The van der Waals surface area contributed by atoms with Crippen LogP contribution in [0.3, 0.4) is 0 Å². The molecular formula is C23H19Si. The van der Waals surface area contributed by atoms with Crippen molar-refractivity contribution in [3.8, 4) is 0 Å². The minimum absolute atomic E-state index is 0.743. The van der Waals surface area contributed by atoms with Crippen LogP contribution in [0.5, 0.6) is 0 Å². The van der Waals surface area contributed by atoms with Gasteiger partial charge in [0.05, 0.1) is 0 Å². The molecule has 0 amide bonds. The van der Waals surface area contributed by atoms with Gasteiger partial charge >= 0.3 is 0 Å². The number of rotatable bonds is 4. The van der Waals surface area contributed by atoms with Gasteiger partial charge in [0.2, 0.25) is 0 Å². The first-order valence-electron chi connectivity index (χ1n) is 8.39. The molecule has 0 bridgehead atoms. The monoisotopic (exact) mass is 323 g/mol. The third-order valence-corrected chi connectivity index (χ3v) is 7.13. The second-order valence-electron chi connectivity index (χ2n) is 6.20. The molecule has 0 saturated heterocycles. The molecule has 0 N–H and O–H groups in total. The fourth-order valence-corrected chi connectivity index (χ4v) is 5.84. The minimum Gasteiger partial charge on any atom is -0.0622 e. The SMILES string of the molecule is [C]1=c2ccccc2=CC1=[Si](Cc1ccccc1)Cc1ccccc1. The van der Waals surface area contributed by atoms with Gasteiger partial charge in [-0.1, -0.05) is 91.0 Å². The van der Waals surface area contributed by atoms with Crippen LogP contribution in [0.2, 0.25) is 0 Å². The van der Waals surface area contributed by atoms with Crippen molar-refractivity contribution in [3.63, 3.8) is 0 Å². The second kappa shape index (κ2) is 6.94.